The largest absolute Gasteiger partial charge is 0.368 e. The molecule has 0 spiro atoms. The Labute approximate surface area is 112 Å². The number of thiazole rings is 1. The summed E-state index contributed by atoms with van der Waals surface area (Å²) in [7, 11) is 0. The van der Waals surface area contributed by atoms with Gasteiger partial charge in [-0.2, -0.15) is 0 Å². The number of rotatable bonds is 6. The van der Waals surface area contributed by atoms with Crippen molar-refractivity contribution in [3.8, 4) is 0 Å². The van der Waals surface area contributed by atoms with E-state index in [1.807, 2.05) is 24.3 Å². The maximum absolute atomic E-state index is 11.3. The van der Waals surface area contributed by atoms with Gasteiger partial charge in [0.05, 0.1) is 16.8 Å². The molecule has 0 aliphatic carbocycles. The topological polar surface area (TPSA) is 106 Å². The summed E-state index contributed by atoms with van der Waals surface area (Å²) in [5.41, 5.74) is 7.82. The number of hydrogen-bond acceptors (Lipinski definition) is 6. The Morgan fingerprint density at radius 1 is 1.37 bits per heavy atom. The molecule has 0 aliphatic rings. The van der Waals surface area contributed by atoms with Crippen molar-refractivity contribution in [2.75, 3.05) is 18.5 Å². The van der Waals surface area contributed by atoms with Crippen molar-refractivity contribution in [3.63, 3.8) is 0 Å². The van der Waals surface area contributed by atoms with Crippen molar-refractivity contribution in [2.45, 2.75) is 0 Å². The summed E-state index contributed by atoms with van der Waals surface area (Å²) in [6, 6.07) is 7.67. The molecule has 4 N–H and O–H groups in total. The highest BCUT2D eigenvalue weighted by Crippen LogP contribution is 2.24. The Kier molecular flexibility index (Phi) is 4.26. The number of para-hydroxylation sites is 1. The molecule has 0 atom stereocenters. The van der Waals surface area contributed by atoms with Crippen LogP contribution in [0.2, 0.25) is 0 Å². The minimum Gasteiger partial charge on any atom is -0.368 e. The number of benzene rings is 1. The maximum Gasteiger partial charge on any atom is 0.262 e. The van der Waals surface area contributed by atoms with Crippen molar-refractivity contribution in [3.05, 3.63) is 24.3 Å². The highest BCUT2D eigenvalue weighted by Gasteiger charge is 2.06. The molecule has 2 rings (SSSR count). The molecule has 1 aromatic carbocycles. The van der Waals surface area contributed by atoms with Gasteiger partial charge in [0.25, 0.3) is 5.91 Å². The van der Waals surface area contributed by atoms with Crippen molar-refractivity contribution < 1.29 is 14.4 Å². The lowest BCUT2D eigenvalue weighted by Crippen LogP contribution is -2.33. The van der Waals surface area contributed by atoms with E-state index in [0.717, 1.165) is 10.2 Å². The monoisotopic (exact) mass is 280 g/mol. The molecule has 0 fully saturated rings. The van der Waals surface area contributed by atoms with Gasteiger partial charge in [-0.25, -0.2) is 10.5 Å². The van der Waals surface area contributed by atoms with E-state index in [1.165, 1.54) is 11.3 Å². The number of aromatic nitrogens is 1. The summed E-state index contributed by atoms with van der Waals surface area (Å²) < 4.78 is 1.04. The van der Waals surface area contributed by atoms with Crippen LogP contribution in [-0.4, -0.2) is 29.9 Å². The van der Waals surface area contributed by atoms with Gasteiger partial charge in [-0.3, -0.25) is 14.4 Å². The van der Waals surface area contributed by atoms with Crippen LogP contribution in [0.5, 0.6) is 0 Å². The lowest BCUT2D eigenvalue weighted by molar-refractivity contribution is -0.136. The highest BCUT2D eigenvalue weighted by molar-refractivity contribution is 7.22. The molecule has 2 amide bonds. The first-order valence-corrected chi connectivity index (χ1v) is 6.25. The fourth-order valence-corrected chi connectivity index (χ4v) is 2.19. The summed E-state index contributed by atoms with van der Waals surface area (Å²) in [6.45, 7) is -0.356. The smallest absolute Gasteiger partial charge is 0.262 e. The Morgan fingerprint density at radius 2 is 2.16 bits per heavy atom. The fraction of sp³-hybridized carbons (Fsp3) is 0.182. The van der Waals surface area contributed by atoms with Crippen molar-refractivity contribution in [2.24, 2.45) is 5.73 Å². The number of nitrogens with zero attached hydrogens (tertiary/aromatic N) is 1. The van der Waals surface area contributed by atoms with Gasteiger partial charge in [-0.15, -0.1) is 0 Å². The van der Waals surface area contributed by atoms with Gasteiger partial charge >= 0.3 is 0 Å². The Bertz CT molecular complexity index is 565. The molecule has 0 aliphatic heterocycles. The second-order valence-electron chi connectivity index (χ2n) is 3.62. The van der Waals surface area contributed by atoms with Crippen LogP contribution in [0, 0.1) is 0 Å². The molecule has 7 nitrogen and oxygen atoms in total. The van der Waals surface area contributed by atoms with Gasteiger partial charge in [0.15, 0.2) is 11.7 Å². The standard InChI is InChI=1S/C11H12N4O3S/c12-9(16)6-18-15-10(17)5-13-11-14-7-3-1-2-4-8(7)19-11/h1-4H,5-6H2,(H2,12,16)(H,13,14)(H,15,17). The SMILES string of the molecule is NC(=O)CONC(=O)CNc1nc2ccccc2s1. The van der Waals surface area contributed by atoms with Crippen LogP contribution in [0.1, 0.15) is 0 Å². The molecule has 2 aromatic rings. The summed E-state index contributed by atoms with van der Waals surface area (Å²) in [5, 5.41) is 3.52. The van der Waals surface area contributed by atoms with Crippen molar-refractivity contribution in [1.29, 1.82) is 0 Å². The molecular weight excluding hydrogens is 268 g/mol. The Balaban J connectivity index is 1.81. The third-order valence-electron chi connectivity index (χ3n) is 2.09. The molecule has 1 aromatic heterocycles. The second kappa shape index (κ2) is 6.12. The average Bonchev–Trinajstić information content (AvgIpc) is 2.78. The molecule has 100 valence electrons. The van der Waals surface area contributed by atoms with Crippen molar-refractivity contribution in [1.82, 2.24) is 10.5 Å². The van der Waals surface area contributed by atoms with E-state index >= 15 is 0 Å². The number of amides is 2. The molecular formula is C11H12N4O3S. The Hall–Kier alpha value is -2.19. The molecule has 0 saturated heterocycles. The van der Waals surface area contributed by atoms with E-state index in [4.69, 9.17) is 5.73 Å². The summed E-state index contributed by atoms with van der Waals surface area (Å²) in [6.07, 6.45) is 0. The number of nitrogens with one attached hydrogen (secondary N) is 2. The Morgan fingerprint density at radius 3 is 2.89 bits per heavy atom. The summed E-state index contributed by atoms with van der Waals surface area (Å²) >= 11 is 1.45. The number of carbonyl (C=O) groups excluding carboxylic acids is 2. The average molecular weight is 280 g/mol. The van der Waals surface area contributed by atoms with Crippen molar-refractivity contribution >= 4 is 38.5 Å². The number of carbonyl (C=O) groups is 2. The first-order valence-electron chi connectivity index (χ1n) is 5.43. The van der Waals surface area contributed by atoms with E-state index < -0.39 is 11.8 Å². The van der Waals surface area contributed by atoms with Crippen LogP contribution in [-0.2, 0) is 14.4 Å². The highest BCUT2D eigenvalue weighted by atomic mass is 32.1. The van der Waals surface area contributed by atoms with Crippen LogP contribution in [0.4, 0.5) is 5.13 Å². The number of anilines is 1. The van der Waals surface area contributed by atoms with E-state index in [2.05, 4.69) is 20.6 Å². The third kappa shape index (κ3) is 3.90. The molecule has 0 radical (unpaired) electrons. The van der Waals surface area contributed by atoms with E-state index in [1.54, 1.807) is 0 Å². The number of hydroxylamine groups is 1. The number of primary amides is 1. The lowest BCUT2D eigenvalue weighted by atomic mass is 10.3. The van der Waals surface area contributed by atoms with Crippen LogP contribution in [0.25, 0.3) is 10.2 Å². The zero-order chi connectivity index (χ0) is 13.7. The zero-order valence-corrected chi connectivity index (χ0v) is 10.7. The summed E-state index contributed by atoms with van der Waals surface area (Å²) in [4.78, 5) is 30.6. The number of hydrogen-bond donors (Lipinski definition) is 3. The number of nitrogens with two attached hydrogens (primary N) is 1. The molecule has 8 heteroatoms. The van der Waals surface area contributed by atoms with Gasteiger partial charge in [0.2, 0.25) is 5.91 Å². The van der Waals surface area contributed by atoms with Gasteiger partial charge in [0.1, 0.15) is 0 Å². The minimum absolute atomic E-state index is 0.00140. The molecule has 0 bridgehead atoms. The third-order valence-corrected chi connectivity index (χ3v) is 3.09. The van der Waals surface area contributed by atoms with Crippen LogP contribution in [0.3, 0.4) is 0 Å². The number of fused-ring (bicyclic) bond motifs is 1. The molecule has 19 heavy (non-hydrogen) atoms. The van der Waals surface area contributed by atoms with Crippen LogP contribution >= 0.6 is 11.3 Å². The van der Waals surface area contributed by atoms with E-state index in [0.29, 0.717) is 5.13 Å². The molecule has 0 saturated carbocycles. The molecule has 0 unspecified atom stereocenters. The van der Waals surface area contributed by atoms with Crippen LogP contribution < -0.4 is 16.5 Å². The molecule has 1 heterocycles. The summed E-state index contributed by atoms with van der Waals surface area (Å²) in [5.74, 6) is -1.07. The van der Waals surface area contributed by atoms with Gasteiger partial charge in [0, 0.05) is 0 Å². The van der Waals surface area contributed by atoms with Gasteiger partial charge in [-0.05, 0) is 12.1 Å². The second-order valence-corrected chi connectivity index (χ2v) is 4.65. The maximum atomic E-state index is 11.3. The van der Waals surface area contributed by atoms with E-state index in [9.17, 15) is 9.59 Å². The van der Waals surface area contributed by atoms with E-state index in [-0.39, 0.29) is 13.2 Å². The van der Waals surface area contributed by atoms with Gasteiger partial charge in [-0.1, -0.05) is 23.5 Å². The van der Waals surface area contributed by atoms with Crippen LogP contribution in [0.15, 0.2) is 24.3 Å². The zero-order valence-electron chi connectivity index (χ0n) is 9.88. The first-order chi connectivity index (χ1) is 9.15. The fourth-order valence-electron chi connectivity index (χ4n) is 1.33. The first kappa shape index (κ1) is 13.2. The predicted octanol–water partition coefficient (Wildman–Crippen LogP) is 0.241. The minimum atomic E-state index is -0.653. The van der Waals surface area contributed by atoms with Gasteiger partial charge < -0.3 is 11.1 Å². The normalized spacial score (nSPS) is 10.3. The predicted molar refractivity (Wildman–Crippen MR) is 71.4 cm³/mol. The lowest BCUT2D eigenvalue weighted by Gasteiger charge is -2.04. The quantitative estimate of drug-likeness (QED) is 0.657.